The van der Waals surface area contributed by atoms with Crippen LogP contribution in [0.5, 0.6) is 11.5 Å². The Morgan fingerprint density at radius 1 is 0.975 bits per heavy atom. The number of methoxy groups -OCH3 is 2. The predicted octanol–water partition coefficient (Wildman–Crippen LogP) is 6.64. The molecule has 0 saturated heterocycles. The number of benzene rings is 3. The van der Waals surface area contributed by atoms with Gasteiger partial charge in [0.1, 0.15) is 6.17 Å². The van der Waals surface area contributed by atoms with Crippen molar-refractivity contribution in [1.29, 1.82) is 0 Å². The number of aliphatic imine (C=N–C) groups is 1. The number of aromatic amines is 1. The molecular weight excluding hydrogens is 504 g/mol. The van der Waals surface area contributed by atoms with Crippen molar-refractivity contribution in [2.45, 2.75) is 45.7 Å². The first kappa shape index (κ1) is 27.0. The lowest BCUT2D eigenvalue weighted by atomic mass is 9.94. The topological polar surface area (TPSA) is 92.9 Å². The summed E-state index contributed by atoms with van der Waals surface area (Å²) in [7, 11) is 3.29. The second kappa shape index (κ2) is 12.1. The summed E-state index contributed by atoms with van der Waals surface area (Å²) in [6.45, 7) is 4.32. The maximum atomic E-state index is 11.5. The van der Waals surface area contributed by atoms with E-state index in [0.29, 0.717) is 17.3 Å². The Labute approximate surface area is 234 Å². The highest BCUT2D eigenvalue weighted by Crippen LogP contribution is 2.35. The Morgan fingerprint density at radius 2 is 1.73 bits per heavy atom. The maximum Gasteiger partial charge on any atom is 0.439 e. The average molecular weight is 539 g/mol. The van der Waals surface area contributed by atoms with Gasteiger partial charge in [-0.15, -0.1) is 0 Å². The van der Waals surface area contributed by atoms with Crippen LogP contribution >= 0.6 is 0 Å². The van der Waals surface area contributed by atoms with E-state index < -0.39 is 5.76 Å². The number of rotatable bonds is 10. The molecule has 0 bridgehead atoms. The molecular formula is C32H34N4O4. The first-order chi connectivity index (χ1) is 19.5. The quantitative estimate of drug-likeness (QED) is 0.243. The van der Waals surface area contributed by atoms with Gasteiger partial charge in [-0.2, -0.15) is 0 Å². The third-order valence-corrected chi connectivity index (χ3v) is 7.13. The number of allylic oxidation sites excluding steroid dienone is 1. The standard InChI is InChI=1S/C32H34N4O4/c1-5-6-11-28-24(20-36(21(2)33-28)25-16-17-29(38-3)30(19-25)39-4)18-22-12-14-23(15-13-22)26-9-7-8-10-27(26)31-34-32(37)40-35-31/h7-10,12-17,19-21H,5-6,11,18H2,1-4H3,(H,34,35,37). The van der Waals surface area contributed by atoms with Gasteiger partial charge in [0.15, 0.2) is 17.3 Å². The highest BCUT2D eigenvalue weighted by Gasteiger charge is 2.23. The third kappa shape index (κ3) is 5.71. The number of unbranched alkanes of at least 4 members (excludes halogenated alkanes) is 1. The lowest BCUT2D eigenvalue weighted by Crippen LogP contribution is -2.33. The Morgan fingerprint density at radius 3 is 2.40 bits per heavy atom. The van der Waals surface area contributed by atoms with Crippen LogP contribution in [0, 0.1) is 0 Å². The molecule has 0 amide bonds. The monoisotopic (exact) mass is 538 g/mol. The van der Waals surface area contributed by atoms with Gasteiger partial charge in [-0.05, 0) is 54.2 Å². The van der Waals surface area contributed by atoms with Gasteiger partial charge in [-0.1, -0.05) is 67.0 Å². The number of hydrogen-bond donors (Lipinski definition) is 1. The summed E-state index contributed by atoms with van der Waals surface area (Å²) in [6, 6.07) is 22.3. The van der Waals surface area contributed by atoms with Crippen molar-refractivity contribution in [3.8, 4) is 34.0 Å². The van der Waals surface area contributed by atoms with Crippen LogP contribution in [0.15, 0.2) is 92.8 Å². The van der Waals surface area contributed by atoms with E-state index in [9.17, 15) is 4.79 Å². The van der Waals surface area contributed by atoms with Crippen LogP contribution in [0.1, 0.15) is 38.7 Å². The molecule has 5 rings (SSSR count). The summed E-state index contributed by atoms with van der Waals surface area (Å²) >= 11 is 0. The lowest BCUT2D eigenvalue weighted by Gasteiger charge is -2.32. The first-order valence-electron chi connectivity index (χ1n) is 13.5. The number of aromatic nitrogens is 2. The Bertz CT molecular complexity index is 1580. The van der Waals surface area contributed by atoms with Gasteiger partial charge in [-0.25, -0.2) is 4.79 Å². The number of nitrogens with one attached hydrogen (secondary N) is 1. The minimum atomic E-state index is -0.571. The number of hydrogen-bond acceptors (Lipinski definition) is 7. The zero-order valence-corrected chi connectivity index (χ0v) is 23.3. The molecule has 1 aromatic heterocycles. The molecule has 1 N–H and O–H groups in total. The van der Waals surface area contributed by atoms with Gasteiger partial charge < -0.3 is 14.4 Å². The van der Waals surface area contributed by atoms with Crippen LogP contribution in [0.2, 0.25) is 0 Å². The van der Waals surface area contributed by atoms with Crippen LogP contribution in [0.4, 0.5) is 5.69 Å². The van der Waals surface area contributed by atoms with Crippen molar-refractivity contribution in [2.24, 2.45) is 4.99 Å². The fraction of sp³-hybridized carbons (Fsp3) is 0.281. The van der Waals surface area contributed by atoms with E-state index >= 15 is 0 Å². The SMILES string of the molecule is CCCCC1=NC(C)N(c2ccc(OC)c(OC)c2)C=C1Cc1ccc(-c2ccccc2-c2noc(=O)[nH]2)cc1. The molecule has 8 heteroatoms. The number of ether oxygens (including phenoxy) is 2. The van der Waals surface area contributed by atoms with Gasteiger partial charge in [0.25, 0.3) is 0 Å². The normalized spacial score (nSPS) is 15.0. The largest absolute Gasteiger partial charge is 0.493 e. The average Bonchev–Trinajstić information content (AvgIpc) is 3.43. The van der Waals surface area contributed by atoms with E-state index in [0.717, 1.165) is 53.8 Å². The van der Waals surface area contributed by atoms with E-state index in [4.69, 9.17) is 19.0 Å². The third-order valence-electron chi connectivity index (χ3n) is 7.13. The van der Waals surface area contributed by atoms with Crippen LogP contribution in [-0.4, -0.2) is 36.2 Å². The molecule has 0 saturated carbocycles. The molecule has 3 aromatic carbocycles. The zero-order chi connectivity index (χ0) is 28.1. The van der Waals surface area contributed by atoms with E-state index in [2.05, 4.69) is 59.4 Å². The van der Waals surface area contributed by atoms with E-state index in [1.165, 1.54) is 11.1 Å². The van der Waals surface area contributed by atoms with Crippen molar-refractivity contribution < 1.29 is 14.0 Å². The van der Waals surface area contributed by atoms with Crippen molar-refractivity contribution in [1.82, 2.24) is 10.1 Å². The smallest absolute Gasteiger partial charge is 0.439 e. The van der Waals surface area contributed by atoms with Crippen LogP contribution in [0.3, 0.4) is 0 Å². The highest BCUT2D eigenvalue weighted by molar-refractivity contribution is 6.02. The summed E-state index contributed by atoms with van der Waals surface area (Å²) in [4.78, 5) is 21.5. The molecule has 0 fully saturated rings. The van der Waals surface area contributed by atoms with Crippen molar-refractivity contribution >= 4 is 11.4 Å². The Hall–Kier alpha value is -4.59. The molecule has 40 heavy (non-hydrogen) atoms. The number of nitrogens with zero attached hydrogens (tertiary/aromatic N) is 3. The molecule has 206 valence electrons. The summed E-state index contributed by atoms with van der Waals surface area (Å²) in [6.07, 6.45) is 6.12. The van der Waals surface area contributed by atoms with E-state index in [1.807, 2.05) is 42.5 Å². The minimum Gasteiger partial charge on any atom is -0.493 e. The summed E-state index contributed by atoms with van der Waals surface area (Å²) in [5.41, 5.74) is 7.36. The number of H-pyrrole nitrogens is 1. The summed E-state index contributed by atoms with van der Waals surface area (Å²) < 4.78 is 15.7. The second-order valence-electron chi connectivity index (χ2n) is 9.78. The predicted molar refractivity (Wildman–Crippen MR) is 158 cm³/mol. The molecule has 0 aliphatic carbocycles. The van der Waals surface area contributed by atoms with Crippen LogP contribution in [-0.2, 0) is 6.42 Å². The summed E-state index contributed by atoms with van der Waals surface area (Å²) in [5, 5.41) is 3.88. The molecule has 1 atom stereocenters. The Balaban J connectivity index is 1.44. The van der Waals surface area contributed by atoms with Crippen molar-refractivity contribution in [3.63, 3.8) is 0 Å². The Kier molecular flexibility index (Phi) is 8.15. The van der Waals surface area contributed by atoms with Gasteiger partial charge in [0.2, 0.25) is 0 Å². The molecule has 4 aromatic rings. The summed E-state index contributed by atoms with van der Waals surface area (Å²) in [5.74, 6) is 1.23. The zero-order valence-electron chi connectivity index (χ0n) is 23.3. The maximum absolute atomic E-state index is 11.5. The van der Waals surface area contributed by atoms with Crippen LogP contribution in [0.25, 0.3) is 22.5 Å². The van der Waals surface area contributed by atoms with Gasteiger partial charge in [0, 0.05) is 35.6 Å². The van der Waals surface area contributed by atoms with Crippen molar-refractivity contribution in [3.05, 3.63) is 94.6 Å². The van der Waals surface area contributed by atoms with E-state index in [-0.39, 0.29) is 6.17 Å². The van der Waals surface area contributed by atoms with Gasteiger partial charge in [0.05, 0.1) is 14.2 Å². The molecule has 0 radical (unpaired) electrons. The van der Waals surface area contributed by atoms with Gasteiger partial charge >= 0.3 is 5.76 Å². The number of anilines is 1. The second-order valence-corrected chi connectivity index (χ2v) is 9.78. The molecule has 8 nitrogen and oxygen atoms in total. The van der Waals surface area contributed by atoms with Crippen molar-refractivity contribution in [2.75, 3.05) is 19.1 Å². The fourth-order valence-corrected chi connectivity index (χ4v) is 5.02. The van der Waals surface area contributed by atoms with Gasteiger partial charge in [-0.3, -0.25) is 14.5 Å². The highest BCUT2D eigenvalue weighted by atomic mass is 16.5. The molecule has 2 heterocycles. The molecule has 1 aliphatic rings. The molecule has 1 unspecified atom stereocenters. The molecule has 1 aliphatic heterocycles. The fourth-order valence-electron chi connectivity index (χ4n) is 5.02. The first-order valence-corrected chi connectivity index (χ1v) is 13.5. The molecule has 0 spiro atoms. The van der Waals surface area contributed by atoms with E-state index in [1.54, 1.807) is 14.2 Å². The minimum absolute atomic E-state index is 0.0319. The lowest BCUT2D eigenvalue weighted by molar-refractivity contribution is 0.355. The van der Waals surface area contributed by atoms with Crippen LogP contribution < -0.4 is 20.1 Å².